The second kappa shape index (κ2) is 6.83. The van der Waals surface area contributed by atoms with E-state index in [2.05, 4.69) is 29.1 Å². The Hall–Kier alpha value is -2.34. The molecular weight excluding hydrogens is 310 g/mol. The van der Waals surface area contributed by atoms with Crippen LogP contribution in [0.4, 0.5) is 5.82 Å². The van der Waals surface area contributed by atoms with Crippen LogP contribution in [-0.4, -0.2) is 30.2 Å². The molecule has 0 atom stereocenters. The molecule has 0 radical (unpaired) electrons. The van der Waals surface area contributed by atoms with Crippen LogP contribution in [-0.2, 0) is 0 Å². The van der Waals surface area contributed by atoms with Crippen LogP contribution in [0.5, 0.6) is 11.5 Å². The summed E-state index contributed by atoms with van der Waals surface area (Å²) in [7, 11) is 1.64. The maximum absolute atomic E-state index is 5.77. The third-order valence-corrected chi connectivity index (χ3v) is 4.80. The summed E-state index contributed by atoms with van der Waals surface area (Å²) in [6, 6.07) is 7.63. The highest BCUT2D eigenvalue weighted by Gasteiger charge is 2.11. The van der Waals surface area contributed by atoms with Gasteiger partial charge in [0.1, 0.15) is 23.6 Å². The van der Waals surface area contributed by atoms with E-state index in [1.807, 2.05) is 24.3 Å². The highest BCUT2D eigenvalue weighted by Crippen LogP contribution is 2.32. The van der Waals surface area contributed by atoms with Crippen molar-refractivity contribution in [3.63, 3.8) is 0 Å². The molecule has 1 N–H and O–H groups in total. The highest BCUT2D eigenvalue weighted by molar-refractivity contribution is 7.18. The first-order valence-corrected chi connectivity index (χ1v) is 8.22. The van der Waals surface area contributed by atoms with Gasteiger partial charge in [0, 0.05) is 4.88 Å². The number of para-hydroxylation sites is 2. The molecule has 0 bridgehead atoms. The van der Waals surface area contributed by atoms with E-state index in [0.29, 0.717) is 13.2 Å². The van der Waals surface area contributed by atoms with Crippen molar-refractivity contribution in [1.29, 1.82) is 0 Å². The minimum absolute atomic E-state index is 0.522. The molecule has 0 aliphatic carbocycles. The van der Waals surface area contributed by atoms with Gasteiger partial charge in [-0.15, -0.1) is 11.3 Å². The summed E-state index contributed by atoms with van der Waals surface area (Å²) >= 11 is 1.70. The van der Waals surface area contributed by atoms with E-state index in [-0.39, 0.29) is 0 Å². The Balaban J connectivity index is 1.65. The lowest BCUT2D eigenvalue weighted by Gasteiger charge is -2.11. The third-order valence-electron chi connectivity index (χ3n) is 3.69. The molecule has 0 amide bonds. The van der Waals surface area contributed by atoms with Gasteiger partial charge in [0.05, 0.1) is 19.0 Å². The molecule has 0 spiro atoms. The van der Waals surface area contributed by atoms with Gasteiger partial charge in [0.15, 0.2) is 11.5 Å². The maximum Gasteiger partial charge on any atom is 0.161 e. The molecule has 0 unspecified atom stereocenters. The van der Waals surface area contributed by atoms with E-state index in [4.69, 9.17) is 9.47 Å². The number of hydrogen-bond donors (Lipinski definition) is 1. The van der Waals surface area contributed by atoms with Crippen LogP contribution in [0.2, 0.25) is 0 Å². The van der Waals surface area contributed by atoms with Gasteiger partial charge >= 0.3 is 0 Å². The van der Waals surface area contributed by atoms with Crippen LogP contribution in [0, 0.1) is 13.8 Å². The Morgan fingerprint density at radius 3 is 2.70 bits per heavy atom. The van der Waals surface area contributed by atoms with Gasteiger partial charge in [-0.2, -0.15) is 0 Å². The number of hydrogen-bond acceptors (Lipinski definition) is 6. The fourth-order valence-electron chi connectivity index (χ4n) is 2.38. The molecule has 0 aliphatic rings. The summed E-state index contributed by atoms with van der Waals surface area (Å²) in [5.41, 5.74) is 1.23. The lowest BCUT2D eigenvalue weighted by Crippen LogP contribution is -2.13. The van der Waals surface area contributed by atoms with Crippen LogP contribution in [0.15, 0.2) is 30.6 Å². The Morgan fingerprint density at radius 1 is 1.13 bits per heavy atom. The first-order valence-electron chi connectivity index (χ1n) is 7.41. The van der Waals surface area contributed by atoms with Crippen molar-refractivity contribution >= 4 is 27.4 Å². The van der Waals surface area contributed by atoms with Crippen molar-refractivity contribution in [2.24, 2.45) is 0 Å². The predicted molar refractivity (Wildman–Crippen MR) is 93.9 cm³/mol. The zero-order valence-electron chi connectivity index (χ0n) is 13.4. The van der Waals surface area contributed by atoms with Crippen LogP contribution >= 0.6 is 11.3 Å². The Kier molecular flexibility index (Phi) is 4.62. The lowest BCUT2D eigenvalue weighted by molar-refractivity contribution is 0.306. The van der Waals surface area contributed by atoms with Crippen molar-refractivity contribution < 1.29 is 9.47 Å². The molecule has 0 aliphatic heterocycles. The molecule has 0 fully saturated rings. The monoisotopic (exact) mass is 329 g/mol. The molecule has 3 rings (SSSR count). The Bertz CT molecular complexity index is 817. The van der Waals surface area contributed by atoms with Gasteiger partial charge in [-0.05, 0) is 31.5 Å². The average molecular weight is 329 g/mol. The molecule has 6 heteroatoms. The number of benzene rings is 1. The molecule has 23 heavy (non-hydrogen) atoms. The molecule has 5 nitrogen and oxygen atoms in total. The quantitative estimate of drug-likeness (QED) is 0.697. The number of thiophene rings is 1. The number of aryl methyl sites for hydroxylation is 2. The number of rotatable bonds is 6. The number of ether oxygens (including phenoxy) is 2. The minimum atomic E-state index is 0.522. The second-order valence-electron chi connectivity index (χ2n) is 5.11. The number of methoxy groups -OCH3 is 1. The molecule has 0 saturated carbocycles. The molecule has 0 saturated heterocycles. The zero-order valence-corrected chi connectivity index (χ0v) is 14.2. The van der Waals surface area contributed by atoms with E-state index in [1.165, 1.54) is 10.4 Å². The van der Waals surface area contributed by atoms with Gasteiger partial charge < -0.3 is 14.8 Å². The highest BCUT2D eigenvalue weighted by atomic mass is 32.1. The predicted octanol–water partition coefficient (Wildman–Crippen LogP) is 3.81. The van der Waals surface area contributed by atoms with Crippen LogP contribution in [0.3, 0.4) is 0 Å². The van der Waals surface area contributed by atoms with Crippen molar-refractivity contribution in [1.82, 2.24) is 9.97 Å². The lowest BCUT2D eigenvalue weighted by atomic mass is 10.2. The molecular formula is C17H19N3O2S. The molecule has 120 valence electrons. The Labute approximate surface area is 139 Å². The Morgan fingerprint density at radius 2 is 1.91 bits per heavy atom. The van der Waals surface area contributed by atoms with Crippen LogP contribution in [0.25, 0.3) is 10.2 Å². The van der Waals surface area contributed by atoms with Crippen LogP contribution < -0.4 is 14.8 Å². The first-order chi connectivity index (χ1) is 11.2. The van der Waals surface area contributed by atoms with Gasteiger partial charge in [-0.1, -0.05) is 12.1 Å². The summed E-state index contributed by atoms with van der Waals surface area (Å²) in [6.45, 7) is 5.39. The number of anilines is 1. The van der Waals surface area contributed by atoms with Gasteiger partial charge in [0.25, 0.3) is 0 Å². The van der Waals surface area contributed by atoms with Crippen molar-refractivity contribution in [3.8, 4) is 11.5 Å². The topological polar surface area (TPSA) is 56.3 Å². The number of nitrogens with zero attached hydrogens (tertiary/aromatic N) is 2. The van der Waals surface area contributed by atoms with Crippen LogP contribution in [0.1, 0.15) is 10.4 Å². The van der Waals surface area contributed by atoms with E-state index < -0.39 is 0 Å². The normalized spacial score (nSPS) is 10.7. The number of aromatic nitrogens is 2. The minimum Gasteiger partial charge on any atom is -0.493 e. The van der Waals surface area contributed by atoms with Gasteiger partial charge in [-0.25, -0.2) is 9.97 Å². The van der Waals surface area contributed by atoms with Crippen molar-refractivity contribution in [2.75, 3.05) is 25.6 Å². The van der Waals surface area contributed by atoms with Crippen molar-refractivity contribution in [3.05, 3.63) is 41.0 Å². The second-order valence-corrected chi connectivity index (χ2v) is 6.31. The standard InChI is InChI=1S/C17H19N3O2S/c1-11-12(2)23-17-15(11)16(19-10-20-17)18-8-9-22-14-7-5-4-6-13(14)21-3/h4-7,10H,8-9H2,1-3H3,(H,18,19,20). The van der Waals surface area contributed by atoms with E-state index in [1.54, 1.807) is 24.8 Å². The zero-order chi connectivity index (χ0) is 16.2. The largest absolute Gasteiger partial charge is 0.493 e. The maximum atomic E-state index is 5.77. The smallest absolute Gasteiger partial charge is 0.161 e. The first kappa shape index (κ1) is 15.6. The SMILES string of the molecule is COc1ccccc1OCCNc1ncnc2sc(C)c(C)c12. The van der Waals surface area contributed by atoms with Gasteiger partial charge in [-0.3, -0.25) is 0 Å². The fourth-order valence-corrected chi connectivity index (χ4v) is 3.38. The summed E-state index contributed by atoms with van der Waals surface area (Å²) < 4.78 is 11.0. The number of nitrogens with one attached hydrogen (secondary N) is 1. The molecule has 2 heterocycles. The molecule has 1 aromatic carbocycles. The molecule has 3 aromatic rings. The summed E-state index contributed by atoms with van der Waals surface area (Å²) in [6.07, 6.45) is 1.60. The van der Waals surface area contributed by atoms with E-state index in [9.17, 15) is 0 Å². The average Bonchev–Trinajstić information content (AvgIpc) is 2.87. The summed E-state index contributed by atoms with van der Waals surface area (Å²) in [5, 5.41) is 4.44. The number of fused-ring (bicyclic) bond motifs is 1. The summed E-state index contributed by atoms with van der Waals surface area (Å²) in [4.78, 5) is 11.0. The van der Waals surface area contributed by atoms with Gasteiger partial charge in [0.2, 0.25) is 0 Å². The molecule has 2 aromatic heterocycles. The fraction of sp³-hybridized carbons (Fsp3) is 0.294. The summed E-state index contributed by atoms with van der Waals surface area (Å²) in [5.74, 6) is 2.34. The van der Waals surface area contributed by atoms with Crippen molar-refractivity contribution in [2.45, 2.75) is 13.8 Å². The third kappa shape index (κ3) is 3.22. The van der Waals surface area contributed by atoms with E-state index >= 15 is 0 Å². The van der Waals surface area contributed by atoms with E-state index in [0.717, 1.165) is 27.5 Å².